The first kappa shape index (κ1) is 19.7. The normalized spacial score (nSPS) is 26.6. The number of hydrogen-bond donors (Lipinski definition) is 1. The molecule has 0 saturated carbocycles. The minimum absolute atomic E-state index is 0.0736. The average molecular weight is 389 g/mol. The molecule has 0 heterocycles. The molecule has 0 spiro atoms. The molecule has 0 saturated heterocycles. The Morgan fingerprint density at radius 1 is 1.07 bits per heavy atom. The van der Waals surface area contributed by atoms with E-state index in [-0.39, 0.29) is 16.7 Å². The number of carbonyl (C=O) groups is 1. The van der Waals surface area contributed by atoms with E-state index in [1.165, 1.54) is 11.1 Å². The standard InChI is InChI=1S/C26H28O3/c1-25(2)11-12-26(3,4)22-14-18(7-10-21(22)25)20-9-6-17-13-16(15-27)5-8-19(17)23(20)24(28)29/h5-10,14,19,23H,11-13H2,1-4H3,(H,28,29). The van der Waals surface area contributed by atoms with Gasteiger partial charge in [0.25, 0.3) is 0 Å². The van der Waals surface area contributed by atoms with Crippen LogP contribution >= 0.6 is 0 Å². The zero-order valence-electron chi connectivity index (χ0n) is 17.6. The monoisotopic (exact) mass is 388 g/mol. The largest absolute Gasteiger partial charge is 0.481 e. The molecule has 0 bridgehead atoms. The maximum atomic E-state index is 12.3. The van der Waals surface area contributed by atoms with Crippen LogP contribution in [0.3, 0.4) is 0 Å². The highest BCUT2D eigenvalue weighted by molar-refractivity contribution is 5.90. The number of rotatable bonds is 2. The van der Waals surface area contributed by atoms with Gasteiger partial charge in [-0.25, -0.2) is 4.79 Å². The summed E-state index contributed by atoms with van der Waals surface area (Å²) in [4.78, 5) is 23.3. The number of allylic oxidation sites excluding steroid dienone is 6. The average Bonchev–Trinajstić information content (AvgIpc) is 2.69. The van der Waals surface area contributed by atoms with Gasteiger partial charge in [-0.1, -0.05) is 75.8 Å². The van der Waals surface area contributed by atoms with Crippen molar-refractivity contribution in [3.05, 3.63) is 70.3 Å². The molecule has 1 N–H and O–H groups in total. The molecule has 3 aliphatic rings. The fourth-order valence-corrected chi connectivity index (χ4v) is 5.13. The van der Waals surface area contributed by atoms with Crippen molar-refractivity contribution in [1.29, 1.82) is 0 Å². The molecule has 0 fully saturated rings. The van der Waals surface area contributed by atoms with Crippen molar-refractivity contribution in [2.24, 2.45) is 11.8 Å². The van der Waals surface area contributed by atoms with Gasteiger partial charge in [-0.2, -0.15) is 0 Å². The Morgan fingerprint density at radius 2 is 1.76 bits per heavy atom. The van der Waals surface area contributed by atoms with Crippen LogP contribution in [0.4, 0.5) is 0 Å². The lowest BCUT2D eigenvalue weighted by Crippen LogP contribution is -2.34. The summed E-state index contributed by atoms with van der Waals surface area (Å²) in [6, 6.07) is 6.51. The van der Waals surface area contributed by atoms with Crippen molar-refractivity contribution in [2.75, 3.05) is 0 Å². The van der Waals surface area contributed by atoms with E-state index in [9.17, 15) is 14.7 Å². The van der Waals surface area contributed by atoms with Crippen molar-refractivity contribution >= 4 is 17.5 Å². The summed E-state index contributed by atoms with van der Waals surface area (Å²) < 4.78 is 0. The second-order valence-corrected chi connectivity index (χ2v) is 9.90. The molecule has 0 radical (unpaired) electrons. The molecule has 0 aliphatic heterocycles. The first-order valence-corrected chi connectivity index (χ1v) is 10.3. The van der Waals surface area contributed by atoms with Gasteiger partial charge >= 0.3 is 5.97 Å². The van der Waals surface area contributed by atoms with E-state index in [0.29, 0.717) is 12.0 Å². The highest BCUT2D eigenvalue weighted by Gasteiger charge is 2.39. The number of hydrogen-bond acceptors (Lipinski definition) is 2. The van der Waals surface area contributed by atoms with E-state index < -0.39 is 11.9 Å². The number of carboxylic acids is 1. The lowest BCUT2D eigenvalue weighted by Gasteiger charge is -2.42. The van der Waals surface area contributed by atoms with E-state index in [1.54, 1.807) is 6.08 Å². The lowest BCUT2D eigenvalue weighted by atomic mass is 9.62. The smallest absolute Gasteiger partial charge is 0.311 e. The molecule has 1 aromatic carbocycles. The molecule has 2 unspecified atom stereocenters. The van der Waals surface area contributed by atoms with Crippen LogP contribution in [-0.2, 0) is 20.4 Å². The first-order chi connectivity index (χ1) is 13.6. The van der Waals surface area contributed by atoms with Crippen molar-refractivity contribution < 1.29 is 14.7 Å². The molecular formula is C26H28O3. The summed E-state index contributed by atoms with van der Waals surface area (Å²) in [5.74, 6) is 0.260. The lowest BCUT2D eigenvalue weighted by molar-refractivity contribution is -0.140. The van der Waals surface area contributed by atoms with Crippen LogP contribution in [0.25, 0.3) is 5.57 Å². The number of carbonyl (C=O) groups excluding carboxylic acids is 1. The Hall–Kier alpha value is -2.64. The third kappa shape index (κ3) is 3.24. The van der Waals surface area contributed by atoms with E-state index in [4.69, 9.17) is 0 Å². The van der Waals surface area contributed by atoms with Gasteiger partial charge in [0, 0.05) is 17.9 Å². The molecule has 3 heteroatoms. The molecule has 3 aliphatic carbocycles. The third-order valence-corrected chi connectivity index (χ3v) is 7.08. The molecule has 0 aromatic heterocycles. The fraction of sp³-hybridized carbons (Fsp3) is 0.423. The van der Waals surface area contributed by atoms with Crippen LogP contribution in [0.15, 0.2) is 53.6 Å². The molecule has 29 heavy (non-hydrogen) atoms. The zero-order valence-corrected chi connectivity index (χ0v) is 17.6. The van der Waals surface area contributed by atoms with E-state index >= 15 is 0 Å². The van der Waals surface area contributed by atoms with E-state index in [2.05, 4.69) is 45.9 Å². The highest BCUT2D eigenvalue weighted by Crippen LogP contribution is 2.48. The van der Waals surface area contributed by atoms with Gasteiger partial charge in [-0.3, -0.25) is 4.79 Å². The van der Waals surface area contributed by atoms with Gasteiger partial charge in [-0.15, -0.1) is 0 Å². The summed E-state index contributed by atoms with van der Waals surface area (Å²) >= 11 is 0. The molecule has 4 rings (SSSR count). The Morgan fingerprint density at radius 3 is 2.41 bits per heavy atom. The summed E-state index contributed by atoms with van der Waals surface area (Å²) in [7, 11) is 0. The predicted molar refractivity (Wildman–Crippen MR) is 115 cm³/mol. The van der Waals surface area contributed by atoms with Crippen molar-refractivity contribution in [1.82, 2.24) is 0 Å². The third-order valence-electron chi connectivity index (χ3n) is 7.08. The van der Waals surface area contributed by atoms with Gasteiger partial charge in [0.05, 0.1) is 5.92 Å². The first-order valence-electron chi connectivity index (χ1n) is 10.3. The SMILES string of the molecule is CC1(C)CCC(C)(C)c2cc(C3=CC=C4CC(=C=O)C=CC4C3C(=O)O)ccc21. The molecule has 0 amide bonds. The number of benzene rings is 1. The van der Waals surface area contributed by atoms with E-state index in [1.807, 2.05) is 24.2 Å². The van der Waals surface area contributed by atoms with E-state index in [0.717, 1.165) is 29.6 Å². The quantitative estimate of drug-likeness (QED) is 0.691. The minimum atomic E-state index is -0.827. The molecule has 150 valence electrons. The summed E-state index contributed by atoms with van der Waals surface area (Å²) in [5.41, 5.74) is 6.29. The van der Waals surface area contributed by atoms with Gasteiger partial charge in [-0.05, 0) is 45.9 Å². The maximum Gasteiger partial charge on any atom is 0.311 e. The molecule has 3 nitrogen and oxygen atoms in total. The van der Waals surface area contributed by atoms with Gasteiger partial charge in [0.15, 0.2) is 0 Å². The summed E-state index contributed by atoms with van der Waals surface area (Å²) in [5, 5.41) is 10.1. The minimum Gasteiger partial charge on any atom is -0.481 e. The van der Waals surface area contributed by atoms with Crippen molar-refractivity contribution in [3.8, 4) is 0 Å². The number of aliphatic carboxylic acids is 1. The van der Waals surface area contributed by atoms with Crippen LogP contribution in [0.1, 0.15) is 63.6 Å². The van der Waals surface area contributed by atoms with Crippen LogP contribution in [0, 0.1) is 11.8 Å². The summed E-state index contributed by atoms with van der Waals surface area (Å²) in [6.07, 6.45) is 10.3. The zero-order chi connectivity index (χ0) is 21.0. The van der Waals surface area contributed by atoms with Crippen molar-refractivity contribution in [2.45, 2.75) is 57.8 Å². The molecular weight excluding hydrogens is 360 g/mol. The predicted octanol–water partition coefficient (Wildman–Crippen LogP) is 5.39. The topological polar surface area (TPSA) is 54.4 Å². The summed E-state index contributed by atoms with van der Waals surface area (Å²) in [6.45, 7) is 9.15. The van der Waals surface area contributed by atoms with Gasteiger partial charge in [0.1, 0.15) is 5.94 Å². The maximum absolute atomic E-state index is 12.3. The number of carboxylic acid groups (broad SMARTS) is 1. The van der Waals surface area contributed by atoms with Crippen LogP contribution in [0.5, 0.6) is 0 Å². The van der Waals surface area contributed by atoms with Gasteiger partial charge < -0.3 is 5.11 Å². The number of fused-ring (bicyclic) bond motifs is 2. The Bertz CT molecular complexity index is 1030. The molecule has 1 aromatic rings. The van der Waals surface area contributed by atoms with Crippen LogP contribution in [0.2, 0.25) is 0 Å². The second-order valence-electron chi connectivity index (χ2n) is 9.90. The fourth-order valence-electron chi connectivity index (χ4n) is 5.13. The van der Waals surface area contributed by atoms with Crippen LogP contribution < -0.4 is 0 Å². The second kappa shape index (κ2) is 6.71. The van der Waals surface area contributed by atoms with Gasteiger partial charge in [0.2, 0.25) is 0 Å². The molecule has 2 atom stereocenters. The Balaban J connectivity index is 1.84. The van der Waals surface area contributed by atoms with Crippen LogP contribution in [-0.4, -0.2) is 17.0 Å². The van der Waals surface area contributed by atoms with Crippen molar-refractivity contribution in [3.63, 3.8) is 0 Å². The Kier molecular flexibility index (Phi) is 4.55. The Labute approximate surface area is 172 Å². The highest BCUT2D eigenvalue weighted by atomic mass is 16.4.